The molecule has 118 valence electrons. The molecule has 3 nitrogen and oxygen atoms in total. The van der Waals surface area contributed by atoms with Gasteiger partial charge in [-0.3, -0.25) is 0 Å². The van der Waals surface area contributed by atoms with Crippen LogP contribution in [0.3, 0.4) is 0 Å². The molecule has 0 aromatic heterocycles. The van der Waals surface area contributed by atoms with Gasteiger partial charge in [-0.1, -0.05) is 55.8 Å². The molecule has 2 aromatic carbocycles. The molecule has 0 saturated heterocycles. The van der Waals surface area contributed by atoms with Crippen LogP contribution in [-0.4, -0.2) is 15.0 Å². The summed E-state index contributed by atoms with van der Waals surface area (Å²) in [5.74, 6) is 0.395. The van der Waals surface area contributed by atoms with Crippen LogP contribution in [0.4, 0.5) is 0 Å². The molecule has 1 N–H and O–H groups in total. The monoisotopic (exact) mass is 317 g/mol. The zero-order chi connectivity index (χ0) is 16.2. The first-order valence-corrected chi connectivity index (χ1v) is 9.02. The van der Waals surface area contributed by atoms with Gasteiger partial charge in [0, 0.05) is 6.54 Å². The Morgan fingerprint density at radius 2 is 1.55 bits per heavy atom. The number of hydrogen-bond donors (Lipinski definition) is 1. The second-order valence-electron chi connectivity index (χ2n) is 5.86. The lowest BCUT2D eigenvalue weighted by atomic mass is 10.0. The van der Waals surface area contributed by atoms with Crippen molar-refractivity contribution in [3.05, 3.63) is 65.2 Å². The minimum Gasteiger partial charge on any atom is -0.211 e. The number of hydrogen-bond acceptors (Lipinski definition) is 2. The number of aryl methyl sites for hydroxylation is 1. The third-order valence-electron chi connectivity index (χ3n) is 3.68. The fraction of sp³-hybridized carbons (Fsp3) is 0.333. The molecule has 0 radical (unpaired) electrons. The predicted octanol–water partition coefficient (Wildman–Crippen LogP) is 3.64. The molecular formula is C18H23NO2S. The van der Waals surface area contributed by atoms with E-state index in [9.17, 15) is 8.42 Å². The third-order valence-corrected chi connectivity index (χ3v) is 5.16. The summed E-state index contributed by atoms with van der Waals surface area (Å²) in [5, 5.41) is 0. The van der Waals surface area contributed by atoms with Crippen molar-refractivity contribution in [2.45, 2.75) is 38.0 Å². The van der Waals surface area contributed by atoms with E-state index in [1.54, 1.807) is 12.1 Å². The molecule has 0 aliphatic heterocycles. The van der Waals surface area contributed by atoms with E-state index in [4.69, 9.17) is 0 Å². The smallest absolute Gasteiger partial charge is 0.211 e. The summed E-state index contributed by atoms with van der Waals surface area (Å²) < 4.78 is 27.2. The molecule has 0 spiro atoms. The molecule has 0 amide bonds. The van der Waals surface area contributed by atoms with Crippen molar-refractivity contribution < 1.29 is 8.42 Å². The Hall–Kier alpha value is -1.65. The van der Waals surface area contributed by atoms with Gasteiger partial charge in [-0.25, -0.2) is 13.1 Å². The number of nitrogens with one attached hydrogen (secondary N) is 1. The van der Waals surface area contributed by atoms with E-state index < -0.39 is 10.0 Å². The Bertz CT molecular complexity index is 702. The SMILES string of the molecule is Cc1ccc(CCNS(=O)(=O)c2ccc(C(C)C)cc2)cc1. The highest BCUT2D eigenvalue weighted by Crippen LogP contribution is 2.17. The van der Waals surface area contributed by atoms with E-state index in [0.717, 1.165) is 11.1 Å². The van der Waals surface area contributed by atoms with Crippen molar-refractivity contribution in [1.29, 1.82) is 0 Å². The lowest BCUT2D eigenvalue weighted by molar-refractivity contribution is 0.581. The van der Waals surface area contributed by atoms with E-state index in [2.05, 4.69) is 18.6 Å². The van der Waals surface area contributed by atoms with Crippen LogP contribution in [0.25, 0.3) is 0 Å². The number of rotatable bonds is 6. The minimum atomic E-state index is -3.43. The summed E-state index contributed by atoms with van der Waals surface area (Å²) in [6.07, 6.45) is 0.684. The van der Waals surface area contributed by atoms with Crippen LogP contribution in [0.2, 0.25) is 0 Å². The fourth-order valence-electron chi connectivity index (χ4n) is 2.20. The minimum absolute atomic E-state index is 0.320. The zero-order valence-electron chi connectivity index (χ0n) is 13.3. The van der Waals surface area contributed by atoms with Gasteiger partial charge in [0.2, 0.25) is 10.0 Å². The van der Waals surface area contributed by atoms with Gasteiger partial charge >= 0.3 is 0 Å². The highest BCUT2D eigenvalue weighted by atomic mass is 32.2. The lowest BCUT2D eigenvalue weighted by Crippen LogP contribution is -2.26. The van der Waals surface area contributed by atoms with Gasteiger partial charge in [-0.15, -0.1) is 0 Å². The van der Waals surface area contributed by atoms with E-state index >= 15 is 0 Å². The van der Waals surface area contributed by atoms with Crippen LogP contribution in [0, 0.1) is 6.92 Å². The van der Waals surface area contributed by atoms with E-state index in [-0.39, 0.29) is 0 Å². The summed E-state index contributed by atoms with van der Waals surface area (Å²) in [6.45, 7) is 6.61. The van der Waals surface area contributed by atoms with Crippen LogP contribution >= 0.6 is 0 Å². The summed E-state index contributed by atoms with van der Waals surface area (Å²) >= 11 is 0. The highest BCUT2D eigenvalue weighted by molar-refractivity contribution is 7.89. The maximum absolute atomic E-state index is 12.2. The Balaban J connectivity index is 1.97. The van der Waals surface area contributed by atoms with Crippen LogP contribution in [0.15, 0.2) is 53.4 Å². The molecule has 0 bridgehead atoms. The Labute approximate surface area is 133 Å². The van der Waals surface area contributed by atoms with Gasteiger partial charge in [-0.2, -0.15) is 0 Å². The largest absolute Gasteiger partial charge is 0.240 e. The Kier molecular flexibility index (Phi) is 5.37. The highest BCUT2D eigenvalue weighted by Gasteiger charge is 2.13. The Morgan fingerprint density at radius 3 is 2.09 bits per heavy atom. The van der Waals surface area contributed by atoms with Gasteiger partial charge in [0.25, 0.3) is 0 Å². The molecule has 0 fully saturated rings. The first-order chi connectivity index (χ1) is 10.4. The molecule has 2 aromatic rings. The molecule has 4 heteroatoms. The molecule has 22 heavy (non-hydrogen) atoms. The molecule has 0 atom stereocenters. The van der Waals surface area contributed by atoms with Gasteiger partial charge in [0.15, 0.2) is 0 Å². The van der Waals surface area contributed by atoms with Crippen molar-refractivity contribution >= 4 is 10.0 Å². The molecule has 0 aliphatic rings. The summed E-state index contributed by atoms with van der Waals surface area (Å²) in [6, 6.07) is 15.2. The van der Waals surface area contributed by atoms with Crippen molar-refractivity contribution in [3.8, 4) is 0 Å². The summed E-state index contributed by atoms with van der Waals surface area (Å²) in [5.41, 5.74) is 3.47. The summed E-state index contributed by atoms with van der Waals surface area (Å²) in [4.78, 5) is 0.320. The van der Waals surface area contributed by atoms with Crippen molar-refractivity contribution in [3.63, 3.8) is 0 Å². The molecule has 2 rings (SSSR count). The van der Waals surface area contributed by atoms with Gasteiger partial charge in [0.05, 0.1) is 4.90 Å². The normalized spacial score (nSPS) is 11.8. The van der Waals surface area contributed by atoms with Crippen LogP contribution in [-0.2, 0) is 16.4 Å². The zero-order valence-corrected chi connectivity index (χ0v) is 14.2. The standard InChI is InChI=1S/C18H23NO2S/c1-14(2)17-8-10-18(11-9-17)22(20,21)19-13-12-16-6-4-15(3)5-7-16/h4-11,14,19H,12-13H2,1-3H3. The number of benzene rings is 2. The van der Waals surface area contributed by atoms with E-state index in [1.165, 1.54) is 5.56 Å². The fourth-order valence-corrected chi connectivity index (χ4v) is 3.23. The van der Waals surface area contributed by atoms with Crippen molar-refractivity contribution in [1.82, 2.24) is 4.72 Å². The average molecular weight is 317 g/mol. The lowest BCUT2D eigenvalue weighted by Gasteiger charge is -2.09. The van der Waals surface area contributed by atoms with E-state index in [0.29, 0.717) is 23.8 Å². The van der Waals surface area contributed by atoms with Crippen molar-refractivity contribution in [2.24, 2.45) is 0 Å². The predicted molar refractivity (Wildman–Crippen MR) is 90.6 cm³/mol. The second kappa shape index (κ2) is 7.07. The van der Waals surface area contributed by atoms with Crippen molar-refractivity contribution in [2.75, 3.05) is 6.54 Å². The first-order valence-electron chi connectivity index (χ1n) is 7.53. The van der Waals surface area contributed by atoms with Crippen LogP contribution in [0.5, 0.6) is 0 Å². The van der Waals surface area contributed by atoms with Gasteiger partial charge in [0.1, 0.15) is 0 Å². The van der Waals surface area contributed by atoms with Gasteiger partial charge < -0.3 is 0 Å². The molecule has 0 aliphatic carbocycles. The topological polar surface area (TPSA) is 46.2 Å². The molecule has 0 saturated carbocycles. The third kappa shape index (κ3) is 4.42. The Morgan fingerprint density at radius 1 is 0.955 bits per heavy atom. The molecule has 0 heterocycles. The first kappa shape index (κ1) is 16.7. The molecule has 0 unspecified atom stereocenters. The molecular weight excluding hydrogens is 294 g/mol. The second-order valence-corrected chi connectivity index (χ2v) is 7.62. The van der Waals surface area contributed by atoms with E-state index in [1.807, 2.05) is 43.3 Å². The number of sulfonamides is 1. The van der Waals surface area contributed by atoms with Crippen LogP contribution < -0.4 is 4.72 Å². The average Bonchev–Trinajstić information content (AvgIpc) is 2.49. The van der Waals surface area contributed by atoms with Gasteiger partial charge in [-0.05, 0) is 42.5 Å². The summed E-state index contributed by atoms with van der Waals surface area (Å²) in [7, 11) is -3.43. The quantitative estimate of drug-likeness (QED) is 0.884. The maximum atomic E-state index is 12.2. The maximum Gasteiger partial charge on any atom is 0.240 e. The van der Waals surface area contributed by atoms with Crippen LogP contribution in [0.1, 0.15) is 36.5 Å².